The van der Waals surface area contributed by atoms with Gasteiger partial charge in [-0.05, 0) is 13.0 Å². The molecule has 2 aromatic rings. The van der Waals surface area contributed by atoms with Crippen LogP contribution >= 0.6 is 0 Å². The largest absolute Gasteiger partial charge is 0.370 e. The zero-order chi connectivity index (χ0) is 13.8. The third kappa shape index (κ3) is 2.73. The molecule has 0 bridgehead atoms. The van der Waals surface area contributed by atoms with E-state index in [0.717, 1.165) is 12.1 Å². The second-order valence-corrected chi connectivity index (χ2v) is 4.18. The average molecular weight is 260 g/mol. The maximum atomic E-state index is 11.9. The van der Waals surface area contributed by atoms with E-state index < -0.39 is 0 Å². The summed E-state index contributed by atoms with van der Waals surface area (Å²) in [5, 5.41) is 3.11. The molecule has 0 unspecified atom stereocenters. The molecule has 6 heteroatoms. The monoisotopic (exact) mass is 260 g/mol. The third-order valence-corrected chi connectivity index (χ3v) is 2.80. The maximum Gasteiger partial charge on any atom is 0.331 e. The second-order valence-electron chi connectivity index (χ2n) is 4.18. The van der Waals surface area contributed by atoms with Gasteiger partial charge in [0.05, 0.1) is 6.54 Å². The lowest BCUT2D eigenvalue weighted by Gasteiger charge is -2.11. The average Bonchev–Trinajstić information content (AvgIpc) is 2.41. The Morgan fingerprint density at radius 2 is 2.11 bits per heavy atom. The number of rotatable bonds is 4. The highest BCUT2D eigenvalue weighted by Gasteiger charge is 2.07. The number of hydrogen-bond acceptors (Lipinski definition) is 4. The lowest BCUT2D eigenvalue weighted by atomic mass is 10.2. The van der Waals surface area contributed by atoms with E-state index in [1.54, 1.807) is 19.3 Å². The molecule has 0 saturated heterocycles. The van der Waals surface area contributed by atoms with Gasteiger partial charge in [-0.3, -0.25) is 9.36 Å². The van der Waals surface area contributed by atoms with Crippen LogP contribution in [0.15, 0.2) is 40.2 Å². The molecule has 2 heterocycles. The van der Waals surface area contributed by atoms with Crippen LogP contribution in [-0.2, 0) is 13.6 Å². The Hall–Kier alpha value is -2.37. The summed E-state index contributed by atoms with van der Waals surface area (Å²) >= 11 is 0. The molecule has 1 N–H and O–H groups in total. The van der Waals surface area contributed by atoms with Crippen molar-refractivity contribution in [2.45, 2.75) is 13.5 Å². The summed E-state index contributed by atoms with van der Waals surface area (Å²) in [4.78, 5) is 27.9. The van der Waals surface area contributed by atoms with Crippen molar-refractivity contribution >= 4 is 5.82 Å². The summed E-state index contributed by atoms with van der Waals surface area (Å²) in [7, 11) is 1.62. The molecule has 0 amide bonds. The van der Waals surface area contributed by atoms with Gasteiger partial charge in [0.25, 0.3) is 5.56 Å². The first-order valence-electron chi connectivity index (χ1n) is 6.07. The molecule has 0 fully saturated rings. The smallest absolute Gasteiger partial charge is 0.331 e. The van der Waals surface area contributed by atoms with Crippen molar-refractivity contribution in [1.29, 1.82) is 0 Å². The van der Waals surface area contributed by atoms with Crippen LogP contribution in [0.25, 0.3) is 0 Å². The molecule has 6 nitrogen and oxygen atoms in total. The van der Waals surface area contributed by atoms with E-state index in [2.05, 4.69) is 10.3 Å². The molecular formula is C13H16N4O2. The van der Waals surface area contributed by atoms with Crippen LogP contribution in [-0.4, -0.2) is 20.7 Å². The molecule has 2 rings (SSSR count). The molecule has 0 atom stereocenters. The number of aryl methyl sites for hydroxylation is 1. The van der Waals surface area contributed by atoms with Gasteiger partial charge in [-0.25, -0.2) is 9.78 Å². The first kappa shape index (κ1) is 13.1. The van der Waals surface area contributed by atoms with Crippen LogP contribution in [0.2, 0.25) is 0 Å². The molecule has 19 heavy (non-hydrogen) atoms. The Kier molecular flexibility index (Phi) is 3.79. The lowest BCUT2D eigenvalue weighted by molar-refractivity contribution is 0.639. The van der Waals surface area contributed by atoms with Gasteiger partial charge in [-0.15, -0.1) is 0 Å². The van der Waals surface area contributed by atoms with Gasteiger partial charge in [-0.2, -0.15) is 0 Å². The van der Waals surface area contributed by atoms with E-state index in [9.17, 15) is 9.59 Å². The van der Waals surface area contributed by atoms with Crippen molar-refractivity contribution < 1.29 is 0 Å². The maximum absolute atomic E-state index is 11.9. The fourth-order valence-corrected chi connectivity index (χ4v) is 1.82. The van der Waals surface area contributed by atoms with Gasteiger partial charge in [0.2, 0.25) is 0 Å². The van der Waals surface area contributed by atoms with E-state index in [1.165, 1.54) is 21.4 Å². The van der Waals surface area contributed by atoms with Crippen LogP contribution in [0.1, 0.15) is 12.5 Å². The van der Waals surface area contributed by atoms with Crippen molar-refractivity contribution in [3.63, 3.8) is 0 Å². The summed E-state index contributed by atoms with van der Waals surface area (Å²) in [5.41, 5.74) is 0.169. The van der Waals surface area contributed by atoms with Gasteiger partial charge in [0, 0.05) is 37.6 Å². The summed E-state index contributed by atoms with van der Waals surface area (Å²) < 4.78 is 2.57. The van der Waals surface area contributed by atoms with E-state index in [0.29, 0.717) is 5.82 Å². The van der Waals surface area contributed by atoms with Gasteiger partial charge in [0.15, 0.2) is 0 Å². The first-order valence-corrected chi connectivity index (χ1v) is 6.07. The summed E-state index contributed by atoms with van der Waals surface area (Å²) in [5.74, 6) is 0.697. The molecule has 0 aliphatic rings. The highest BCUT2D eigenvalue weighted by molar-refractivity contribution is 5.43. The summed E-state index contributed by atoms with van der Waals surface area (Å²) in [6.07, 6.45) is 3.14. The van der Waals surface area contributed by atoms with Gasteiger partial charge < -0.3 is 9.88 Å². The van der Waals surface area contributed by atoms with E-state index in [-0.39, 0.29) is 17.8 Å². The second kappa shape index (κ2) is 5.51. The van der Waals surface area contributed by atoms with Crippen LogP contribution in [0.4, 0.5) is 5.82 Å². The molecule has 0 aromatic carbocycles. The summed E-state index contributed by atoms with van der Waals surface area (Å²) in [6, 6.07) is 5.02. The molecular weight excluding hydrogens is 244 g/mol. The molecule has 2 aromatic heterocycles. The highest BCUT2D eigenvalue weighted by atomic mass is 16.2. The Morgan fingerprint density at radius 3 is 2.84 bits per heavy atom. The topological polar surface area (TPSA) is 68.9 Å². The predicted molar refractivity (Wildman–Crippen MR) is 73.4 cm³/mol. The van der Waals surface area contributed by atoms with Crippen molar-refractivity contribution in [1.82, 2.24) is 14.1 Å². The Balaban J connectivity index is 2.45. The fourth-order valence-electron chi connectivity index (χ4n) is 1.82. The number of nitrogens with zero attached hydrogens (tertiary/aromatic N) is 3. The van der Waals surface area contributed by atoms with Gasteiger partial charge in [-0.1, -0.05) is 6.07 Å². The molecule has 0 spiro atoms. The fraction of sp³-hybridized carbons (Fsp3) is 0.308. The molecule has 0 aliphatic carbocycles. The van der Waals surface area contributed by atoms with Crippen LogP contribution in [0.3, 0.4) is 0 Å². The van der Waals surface area contributed by atoms with Crippen LogP contribution in [0, 0.1) is 0 Å². The number of aromatic nitrogens is 3. The molecule has 0 radical (unpaired) electrons. The standard InChI is InChI=1S/C13H16N4O2/c1-3-14-12-10(5-4-7-15-12)9-17-11(18)6-8-16(2)13(17)19/h4-8H,3,9H2,1-2H3,(H,14,15). The van der Waals surface area contributed by atoms with Crippen molar-refractivity contribution in [3.05, 3.63) is 57.0 Å². The SMILES string of the molecule is CCNc1ncccc1Cn1c(=O)ccn(C)c1=O. The number of hydrogen-bond donors (Lipinski definition) is 1. The zero-order valence-corrected chi connectivity index (χ0v) is 11.0. The molecule has 0 aliphatic heterocycles. The Labute approximate surface area is 110 Å². The summed E-state index contributed by atoms with van der Waals surface area (Å²) in [6.45, 7) is 2.90. The lowest BCUT2D eigenvalue weighted by Crippen LogP contribution is -2.38. The van der Waals surface area contributed by atoms with Crippen molar-refractivity contribution in [3.8, 4) is 0 Å². The van der Waals surface area contributed by atoms with E-state index in [1.807, 2.05) is 13.0 Å². The Bertz CT molecular complexity index is 688. The Morgan fingerprint density at radius 1 is 1.32 bits per heavy atom. The highest BCUT2D eigenvalue weighted by Crippen LogP contribution is 2.11. The van der Waals surface area contributed by atoms with E-state index in [4.69, 9.17) is 0 Å². The number of nitrogens with one attached hydrogen (secondary N) is 1. The van der Waals surface area contributed by atoms with Crippen molar-refractivity contribution in [2.75, 3.05) is 11.9 Å². The van der Waals surface area contributed by atoms with Crippen LogP contribution in [0.5, 0.6) is 0 Å². The molecule has 100 valence electrons. The minimum absolute atomic E-state index is 0.211. The van der Waals surface area contributed by atoms with Gasteiger partial charge in [0.1, 0.15) is 5.82 Å². The minimum Gasteiger partial charge on any atom is -0.370 e. The number of pyridine rings is 1. The van der Waals surface area contributed by atoms with Gasteiger partial charge >= 0.3 is 5.69 Å². The van der Waals surface area contributed by atoms with Crippen LogP contribution < -0.4 is 16.6 Å². The number of anilines is 1. The predicted octanol–water partition coefficient (Wildman–Crippen LogP) is 0.422. The molecule has 0 saturated carbocycles. The quantitative estimate of drug-likeness (QED) is 0.865. The van der Waals surface area contributed by atoms with E-state index >= 15 is 0 Å². The zero-order valence-electron chi connectivity index (χ0n) is 11.0. The first-order chi connectivity index (χ1) is 9.13. The normalized spacial score (nSPS) is 10.4. The third-order valence-electron chi connectivity index (χ3n) is 2.80. The van der Waals surface area contributed by atoms with Crippen molar-refractivity contribution in [2.24, 2.45) is 7.05 Å². The minimum atomic E-state index is -0.334.